The second kappa shape index (κ2) is 9.85. The Morgan fingerprint density at radius 2 is 2.12 bits per heavy atom. The first-order valence-corrected chi connectivity index (χ1v) is 12.7. The van der Waals surface area contributed by atoms with E-state index < -0.39 is 30.2 Å². The number of Topliss-reactive ketones (excluding diaryl/α,β-unsaturated/α-hetero) is 1. The van der Waals surface area contributed by atoms with Gasteiger partial charge in [-0.15, -0.1) is 11.3 Å². The Bertz CT molecular complexity index is 1030. The van der Waals surface area contributed by atoms with Crippen molar-refractivity contribution in [2.75, 3.05) is 0 Å². The summed E-state index contributed by atoms with van der Waals surface area (Å²) < 4.78 is 11.8. The molecule has 3 aliphatic rings. The van der Waals surface area contributed by atoms with Gasteiger partial charge >= 0.3 is 5.97 Å². The van der Waals surface area contributed by atoms with E-state index in [9.17, 15) is 19.8 Å². The van der Waals surface area contributed by atoms with E-state index in [0.29, 0.717) is 12.8 Å². The SMILES string of the molecule is C=Cc1nc(/C=C(\C)[C@@H]2C[C@@H]3O[C@]3(C)CCC[C@@H]3C=C(C(=O)[C@H](C)[C@H]3O)[C@@H](O)CC(=O)O2)cs1. The maximum atomic E-state index is 12.8. The predicted octanol–water partition coefficient (Wildman–Crippen LogP) is 3.71. The molecule has 3 heterocycles. The summed E-state index contributed by atoms with van der Waals surface area (Å²) in [6.45, 7) is 9.36. The van der Waals surface area contributed by atoms with E-state index in [4.69, 9.17) is 9.47 Å². The molecular formula is C26H33NO6S. The summed E-state index contributed by atoms with van der Waals surface area (Å²) in [6.07, 6.45) is 5.08. The number of fused-ring (bicyclic) bond motifs is 2. The minimum atomic E-state index is -1.26. The van der Waals surface area contributed by atoms with E-state index in [1.807, 2.05) is 18.4 Å². The Morgan fingerprint density at radius 1 is 1.35 bits per heavy atom. The van der Waals surface area contributed by atoms with Gasteiger partial charge in [-0.25, -0.2) is 4.98 Å². The average molecular weight is 488 g/mol. The standard InChI is InChI=1S/C26H33NO6S/c1-5-22-27-17(13-34-22)9-14(2)20-12-21-26(4,33-21)8-6-7-16-10-18(19(28)11-23(29)32-20)25(31)15(3)24(16)30/h5,9-10,13,15-16,19-21,24,28,30H,1,6-8,11-12H2,2-4H3/b14-9+/t15-,16-,19+,20+,21+,24-,26-/m1/s1. The molecule has 0 spiro atoms. The Hall–Kier alpha value is -2.13. The summed E-state index contributed by atoms with van der Waals surface area (Å²) in [6, 6.07) is 0. The summed E-state index contributed by atoms with van der Waals surface area (Å²) >= 11 is 1.48. The molecule has 7 nitrogen and oxygen atoms in total. The van der Waals surface area contributed by atoms with Gasteiger partial charge in [-0.2, -0.15) is 0 Å². The van der Waals surface area contributed by atoms with Crippen molar-refractivity contribution in [3.8, 4) is 0 Å². The lowest BCUT2D eigenvalue weighted by atomic mass is 9.75. The maximum absolute atomic E-state index is 12.8. The molecule has 1 aromatic heterocycles. The van der Waals surface area contributed by atoms with Gasteiger partial charge in [0.15, 0.2) is 5.78 Å². The number of aliphatic hydroxyl groups excluding tert-OH is 2. The molecule has 1 saturated heterocycles. The Labute approximate surface area is 204 Å². The van der Waals surface area contributed by atoms with Crippen LogP contribution in [0, 0.1) is 11.8 Å². The molecule has 184 valence electrons. The number of carbonyl (C=O) groups is 2. The third-order valence-electron chi connectivity index (χ3n) is 7.31. The third-order valence-corrected chi connectivity index (χ3v) is 8.17. The molecule has 4 rings (SSSR count). The highest BCUT2D eigenvalue weighted by Crippen LogP contribution is 2.45. The van der Waals surface area contributed by atoms with Crippen LogP contribution in [0.3, 0.4) is 0 Å². The number of ketones is 1. The maximum Gasteiger partial charge on any atom is 0.309 e. The molecule has 1 aromatic rings. The van der Waals surface area contributed by atoms with Crippen LogP contribution in [0.1, 0.15) is 63.6 Å². The quantitative estimate of drug-likeness (QED) is 0.494. The fourth-order valence-corrected chi connectivity index (χ4v) is 5.63. The molecular weight excluding hydrogens is 454 g/mol. The Balaban J connectivity index is 1.59. The van der Waals surface area contributed by atoms with Crippen molar-refractivity contribution >= 4 is 35.2 Å². The van der Waals surface area contributed by atoms with Gasteiger partial charge in [-0.3, -0.25) is 9.59 Å². The van der Waals surface area contributed by atoms with Crippen molar-refractivity contribution in [1.82, 2.24) is 4.98 Å². The van der Waals surface area contributed by atoms with Crippen molar-refractivity contribution < 1.29 is 29.3 Å². The number of rotatable bonds is 3. The summed E-state index contributed by atoms with van der Waals surface area (Å²) in [5.41, 5.74) is 1.49. The number of ether oxygens (including phenoxy) is 2. The van der Waals surface area contributed by atoms with Gasteiger partial charge in [0.25, 0.3) is 0 Å². The van der Waals surface area contributed by atoms with Crippen molar-refractivity contribution in [3.63, 3.8) is 0 Å². The number of thiazole rings is 1. The molecule has 0 aromatic carbocycles. The third kappa shape index (κ3) is 5.25. The van der Waals surface area contributed by atoms with Crippen LogP contribution in [-0.4, -0.2) is 57.0 Å². The van der Waals surface area contributed by atoms with E-state index in [-0.39, 0.29) is 35.4 Å². The zero-order valence-corrected chi connectivity index (χ0v) is 20.7. The predicted molar refractivity (Wildman–Crippen MR) is 130 cm³/mol. The van der Waals surface area contributed by atoms with Gasteiger partial charge in [0.1, 0.15) is 11.1 Å². The molecule has 8 heteroatoms. The van der Waals surface area contributed by atoms with E-state index in [0.717, 1.165) is 29.1 Å². The van der Waals surface area contributed by atoms with E-state index in [1.54, 1.807) is 19.1 Å². The highest BCUT2D eigenvalue weighted by Gasteiger charge is 2.53. The lowest BCUT2D eigenvalue weighted by Gasteiger charge is -2.32. The van der Waals surface area contributed by atoms with Gasteiger partial charge in [0, 0.05) is 29.2 Å². The summed E-state index contributed by atoms with van der Waals surface area (Å²) in [7, 11) is 0. The molecule has 0 radical (unpaired) electrons. The number of nitrogens with zero attached hydrogens (tertiary/aromatic N) is 1. The zero-order valence-electron chi connectivity index (χ0n) is 19.9. The lowest BCUT2D eigenvalue weighted by molar-refractivity contribution is -0.149. The number of hydrogen-bond donors (Lipinski definition) is 2. The number of epoxide rings is 1. The number of hydrogen-bond acceptors (Lipinski definition) is 8. The molecule has 2 bridgehead atoms. The molecule has 0 amide bonds. The van der Waals surface area contributed by atoms with Crippen LogP contribution in [0.4, 0.5) is 0 Å². The summed E-state index contributed by atoms with van der Waals surface area (Å²) in [4.78, 5) is 30.0. The molecule has 1 fully saturated rings. The number of cyclic esters (lactones) is 1. The first-order chi connectivity index (χ1) is 16.1. The number of carbonyl (C=O) groups excluding carboxylic acids is 2. The minimum absolute atomic E-state index is 0.0523. The van der Waals surface area contributed by atoms with E-state index >= 15 is 0 Å². The molecule has 0 unspecified atom stereocenters. The van der Waals surface area contributed by atoms with Crippen LogP contribution < -0.4 is 0 Å². The topological polar surface area (TPSA) is 109 Å². The van der Waals surface area contributed by atoms with Gasteiger partial charge in [-0.05, 0) is 50.8 Å². The molecule has 1 aliphatic carbocycles. The van der Waals surface area contributed by atoms with Gasteiger partial charge in [0.2, 0.25) is 0 Å². The van der Waals surface area contributed by atoms with Crippen LogP contribution in [0.2, 0.25) is 0 Å². The number of aromatic nitrogens is 1. The normalized spacial score (nSPS) is 37.2. The summed E-state index contributed by atoms with van der Waals surface area (Å²) in [5, 5.41) is 24.1. The molecule has 7 atom stereocenters. The van der Waals surface area contributed by atoms with E-state index in [2.05, 4.69) is 18.5 Å². The van der Waals surface area contributed by atoms with Crippen LogP contribution in [0.15, 0.2) is 29.2 Å². The molecule has 2 aliphatic heterocycles. The monoisotopic (exact) mass is 487 g/mol. The molecule has 34 heavy (non-hydrogen) atoms. The average Bonchev–Trinajstić information content (AvgIpc) is 3.19. The smallest absolute Gasteiger partial charge is 0.309 e. The van der Waals surface area contributed by atoms with Crippen molar-refractivity contribution in [1.29, 1.82) is 0 Å². The number of aliphatic hydroxyl groups is 2. The second-order valence-electron chi connectivity index (χ2n) is 9.88. The fourth-order valence-electron chi connectivity index (χ4n) is 5.01. The van der Waals surface area contributed by atoms with Crippen molar-refractivity contribution in [2.24, 2.45) is 11.8 Å². The molecule has 0 saturated carbocycles. The fraction of sp³-hybridized carbons (Fsp3) is 0.577. The number of esters is 1. The highest BCUT2D eigenvalue weighted by atomic mass is 32.1. The van der Waals surface area contributed by atoms with Crippen LogP contribution in [-0.2, 0) is 19.1 Å². The van der Waals surface area contributed by atoms with Crippen LogP contribution >= 0.6 is 11.3 Å². The first-order valence-electron chi connectivity index (χ1n) is 11.9. The highest BCUT2D eigenvalue weighted by molar-refractivity contribution is 7.10. The van der Waals surface area contributed by atoms with Gasteiger partial charge in [-0.1, -0.05) is 19.6 Å². The van der Waals surface area contributed by atoms with Crippen molar-refractivity contribution in [2.45, 2.75) is 82.9 Å². The Kier molecular flexibility index (Phi) is 7.24. The van der Waals surface area contributed by atoms with Crippen LogP contribution in [0.5, 0.6) is 0 Å². The van der Waals surface area contributed by atoms with Gasteiger partial charge in [0.05, 0.1) is 36.0 Å². The first kappa shape index (κ1) is 25.0. The van der Waals surface area contributed by atoms with Crippen LogP contribution in [0.25, 0.3) is 12.2 Å². The largest absolute Gasteiger partial charge is 0.458 e. The minimum Gasteiger partial charge on any atom is -0.458 e. The lowest BCUT2D eigenvalue weighted by Crippen LogP contribution is -2.40. The van der Waals surface area contributed by atoms with Crippen molar-refractivity contribution in [3.05, 3.63) is 39.9 Å². The zero-order chi connectivity index (χ0) is 24.6. The molecule has 2 N–H and O–H groups in total. The summed E-state index contributed by atoms with van der Waals surface area (Å²) in [5.74, 6) is -1.77. The Morgan fingerprint density at radius 3 is 2.82 bits per heavy atom. The van der Waals surface area contributed by atoms with Gasteiger partial charge < -0.3 is 19.7 Å². The van der Waals surface area contributed by atoms with E-state index in [1.165, 1.54) is 11.3 Å². The second-order valence-corrected chi connectivity index (χ2v) is 10.8.